The summed E-state index contributed by atoms with van der Waals surface area (Å²) in [5.41, 5.74) is 0.505. The highest BCUT2D eigenvalue weighted by molar-refractivity contribution is 7.89. The maximum Gasteiger partial charge on any atom is 0.209 e. The molecule has 2 N–H and O–H groups in total. The van der Waals surface area contributed by atoms with E-state index in [-0.39, 0.29) is 5.75 Å². The molecule has 0 saturated carbocycles. The number of hydrogen-bond donors (Lipinski definition) is 1. The zero-order chi connectivity index (χ0) is 15.3. The molecule has 1 aromatic carbocycles. The van der Waals surface area contributed by atoms with Crippen LogP contribution in [0.25, 0.3) is 0 Å². The molecule has 0 amide bonds. The lowest BCUT2D eigenvalue weighted by molar-refractivity contribution is -0.0324. The second kappa shape index (κ2) is 7.07. The van der Waals surface area contributed by atoms with E-state index in [0.717, 1.165) is 5.56 Å². The smallest absolute Gasteiger partial charge is 0.209 e. The first-order valence-corrected chi connectivity index (χ1v) is 8.88. The van der Waals surface area contributed by atoms with Gasteiger partial charge in [0.25, 0.3) is 0 Å². The molecule has 21 heavy (non-hydrogen) atoms. The van der Waals surface area contributed by atoms with Crippen molar-refractivity contribution < 1.29 is 17.9 Å². The first-order chi connectivity index (χ1) is 9.89. The number of primary sulfonamides is 1. The van der Waals surface area contributed by atoms with Gasteiger partial charge >= 0.3 is 0 Å². The first-order valence-electron chi connectivity index (χ1n) is 6.79. The Hall–Kier alpha value is -0.660. The molecule has 1 fully saturated rings. The zero-order valence-corrected chi connectivity index (χ0v) is 13.3. The van der Waals surface area contributed by atoms with Gasteiger partial charge in [0.1, 0.15) is 0 Å². The van der Waals surface area contributed by atoms with E-state index in [1.54, 1.807) is 6.07 Å². The third kappa shape index (κ3) is 5.56. The molecule has 0 aromatic heterocycles. The van der Waals surface area contributed by atoms with E-state index in [4.69, 9.17) is 26.2 Å². The lowest BCUT2D eigenvalue weighted by Crippen LogP contribution is -2.41. The van der Waals surface area contributed by atoms with E-state index >= 15 is 0 Å². The van der Waals surface area contributed by atoms with Crippen molar-refractivity contribution in [2.24, 2.45) is 10.6 Å². The molecule has 0 atom stereocenters. The summed E-state index contributed by atoms with van der Waals surface area (Å²) in [5, 5.41) is 5.87. The summed E-state index contributed by atoms with van der Waals surface area (Å²) in [7, 11) is -3.54. The van der Waals surface area contributed by atoms with Gasteiger partial charge in [0.15, 0.2) is 0 Å². The van der Waals surface area contributed by atoms with Gasteiger partial charge in [0.05, 0.1) is 19.0 Å². The van der Waals surface area contributed by atoms with E-state index in [2.05, 4.69) is 0 Å². The van der Waals surface area contributed by atoms with Gasteiger partial charge in [-0.2, -0.15) is 0 Å². The molecule has 1 aliphatic rings. The van der Waals surface area contributed by atoms with Gasteiger partial charge in [-0.05, 0) is 30.5 Å². The van der Waals surface area contributed by atoms with Crippen LogP contribution in [0.1, 0.15) is 18.4 Å². The average molecular weight is 334 g/mol. The number of hydrogen-bond acceptors (Lipinski definition) is 4. The maximum atomic E-state index is 11.4. The Kier molecular flexibility index (Phi) is 5.62. The van der Waals surface area contributed by atoms with Crippen molar-refractivity contribution in [3.63, 3.8) is 0 Å². The minimum atomic E-state index is -3.54. The van der Waals surface area contributed by atoms with E-state index < -0.39 is 15.4 Å². The molecule has 0 radical (unpaired) electrons. The lowest BCUT2D eigenvalue weighted by atomic mass is 9.83. The molecule has 5 nitrogen and oxygen atoms in total. The van der Waals surface area contributed by atoms with Crippen molar-refractivity contribution in [3.8, 4) is 0 Å². The highest BCUT2D eigenvalue weighted by atomic mass is 35.5. The molecule has 1 aliphatic heterocycles. The molecule has 0 spiro atoms. The number of nitrogens with two attached hydrogens (primary N) is 1. The summed E-state index contributed by atoms with van der Waals surface area (Å²) in [4.78, 5) is 0. The van der Waals surface area contributed by atoms with Gasteiger partial charge in [-0.3, -0.25) is 0 Å². The van der Waals surface area contributed by atoms with Gasteiger partial charge in [-0.25, -0.2) is 13.6 Å². The van der Waals surface area contributed by atoms with Crippen LogP contribution in [0, 0.1) is 5.41 Å². The number of ether oxygens (including phenoxy) is 2. The monoisotopic (exact) mass is 333 g/mol. The Bertz CT molecular complexity index is 570. The molecule has 1 saturated heterocycles. The molecule has 0 bridgehead atoms. The van der Waals surface area contributed by atoms with Crippen LogP contribution in [0.3, 0.4) is 0 Å². The molecule has 0 unspecified atom stereocenters. The number of benzene rings is 1. The average Bonchev–Trinajstić information content (AvgIpc) is 2.37. The Labute approximate surface area is 130 Å². The highest BCUT2D eigenvalue weighted by Gasteiger charge is 2.36. The Morgan fingerprint density at radius 1 is 1.33 bits per heavy atom. The van der Waals surface area contributed by atoms with E-state index in [1.165, 1.54) is 0 Å². The van der Waals surface area contributed by atoms with Crippen molar-refractivity contribution in [2.45, 2.75) is 19.4 Å². The molecule has 0 aliphatic carbocycles. The van der Waals surface area contributed by atoms with Crippen LogP contribution in [-0.2, 0) is 26.1 Å². The van der Waals surface area contributed by atoms with Crippen LogP contribution in [0.2, 0.25) is 5.02 Å². The SMILES string of the molecule is NS(=O)(=O)CC1(COCc2cccc(Cl)c2)CCOCC1. The minimum absolute atomic E-state index is 0.0705. The van der Waals surface area contributed by atoms with Gasteiger partial charge in [0, 0.05) is 23.7 Å². The van der Waals surface area contributed by atoms with Crippen LogP contribution in [0.15, 0.2) is 24.3 Å². The van der Waals surface area contributed by atoms with Crippen LogP contribution >= 0.6 is 11.6 Å². The summed E-state index contributed by atoms with van der Waals surface area (Å²) in [6, 6.07) is 7.40. The summed E-state index contributed by atoms with van der Waals surface area (Å²) in [5.74, 6) is -0.0705. The predicted molar refractivity (Wildman–Crippen MR) is 81.6 cm³/mol. The van der Waals surface area contributed by atoms with Gasteiger partial charge in [-0.1, -0.05) is 23.7 Å². The molecule has 1 aromatic rings. The first kappa shape index (κ1) is 16.7. The summed E-state index contributed by atoms with van der Waals surface area (Å²) in [6.07, 6.45) is 1.28. The molecule has 7 heteroatoms. The standard InChI is InChI=1S/C14H20ClNO4S/c15-13-3-1-2-12(8-13)9-20-10-14(11-21(16,17)18)4-6-19-7-5-14/h1-3,8H,4-7,9-11H2,(H2,16,17,18). The molecule has 1 heterocycles. The van der Waals surface area contributed by atoms with Gasteiger partial charge in [0.2, 0.25) is 10.0 Å². The topological polar surface area (TPSA) is 78.6 Å². The second-order valence-electron chi connectivity index (χ2n) is 5.54. The molecule has 118 valence electrons. The summed E-state index contributed by atoms with van der Waals surface area (Å²) in [6.45, 7) is 1.82. The fraction of sp³-hybridized carbons (Fsp3) is 0.571. The highest BCUT2D eigenvalue weighted by Crippen LogP contribution is 2.32. The van der Waals surface area contributed by atoms with E-state index in [0.29, 0.717) is 44.3 Å². The largest absolute Gasteiger partial charge is 0.381 e. The summed E-state index contributed by atoms with van der Waals surface area (Å²) < 4.78 is 33.9. The van der Waals surface area contributed by atoms with Gasteiger partial charge < -0.3 is 9.47 Å². The zero-order valence-electron chi connectivity index (χ0n) is 11.8. The summed E-state index contributed by atoms with van der Waals surface area (Å²) >= 11 is 5.92. The number of rotatable bonds is 6. The van der Waals surface area contributed by atoms with Crippen molar-refractivity contribution in [1.29, 1.82) is 0 Å². The van der Waals surface area contributed by atoms with E-state index in [1.807, 2.05) is 18.2 Å². The van der Waals surface area contributed by atoms with Crippen LogP contribution in [-0.4, -0.2) is 34.0 Å². The quantitative estimate of drug-likeness (QED) is 0.863. The van der Waals surface area contributed by atoms with E-state index in [9.17, 15) is 8.42 Å². The fourth-order valence-electron chi connectivity index (χ4n) is 2.57. The fourth-order valence-corrected chi connectivity index (χ4v) is 4.01. The van der Waals surface area contributed by atoms with Crippen LogP contribution in [0.4, 0.5) is 0 Å². The normalized spacial score (nSPS) is 18.6. The number of halogens is 1. The van der Waals surface area contributed by atoms with Crippen molar-refractivity contribution in [2.75, 3.05) is 25.6 Å². The molecule has 2 rings (SSSR count). The predicted octanol–water partition coefficient (Wildman–Crippen LogP) is 1.94. The third-order valence-corrected chi connectivity index (χ3v) is 4.88. The molecular weight excluding hydrogens is 314 g/mol. The Morgan fingerprint density at radius 3 is 2.67 bits per heavy atom. The minimum Gasteiger partial charge on any atom is -0.381 e. The van der Waals surface area contributed by atoms with Crippen molar-refractivity contribution >= 4 is 21.6 Å². The third-order valence-electron chi connectivity index (χ3n) is 3.63. The van der Waals surface area contributed by atoms with Crippen LogP contribution < -0.4 is 5.14 Å². The van der Waals surface area contributed by atoms with Gasteiger partial charge in [-0.15, -0.1) is 0 Å². The van der Waals surface area contributed by atoms with Crippen molar-refractivity contribution in [1.82, 2.24) is 0 Å². The van der Waals surface area contributed by atoms with Crippen LogP contribution in [0.5, 0.6) is 0 Å². The number of sulfonamides is 1. The Balaban J connectivity index is 1.96. The molecular formula is C14H20ClNO4S. The maximum absolute atomic E-state index is 11.4. The Morgan fingerprint density at radius 2 is 2.05 bits per heavy atom. The lowest BCUT2D eigenvalue weighted by Gasteiger charge is -2.36. The van der Waals surface area contributed by atoms with Crippen molar-refractivity contribution in [3.05, 3.63) is 34.9 Å². The second-order valence-corrected chi connectivity index (χ2v) is 7.59.